The minimum Gasteiger partial charge on any atom is -0.354 e. The lowest BCUT2D eigenvalue weighted by Gasteiger charge is -2.26. The van der Waals surface area contributed by atoms with Crippen LogP contribution in [0.3, 0.4) is 0 Å². The van der Waals surface area contributed by atoms with E-state index in [1.165, 1.54) is 12.1 Å². The number of carbonyl (C=O) groups is 2. The smallest absolute Gasteiger partial charge is 0.354 e. The second kappa shape index (κ2) is 23.3. The molecule has 2 aromatic heterocycles. The van der Waals surface area contributed by atoms with Gasteiger partial charge in [0.15, 0.2) is 0 Å². The number of halogens is 6. The maximum Gasteiger partial charge on any atom is 0.451 e. The summed E-state index contributed by atoms with van der Waals surface area (Å²) in [6.07, 6.45) is -5.14. The molecule has 2 amide bonds. The van der Waals surface area contributed by atoms with Gasteiger partial charge in [0.1, 0.15) is 23.7 Å². The molecule has 13 nitrogen and oxygen atoms in total. The summed E-state index contributed by atoms with van der Waals surface area (Å²) in [5.41, 5.74) is 12.0. The molecule has 2 aliphatic heterocycles. The summed E-state index contributed by atoms with van der Waals surface area (Å²) in [6, 6.07) is 34.1. The van der Waals surface area contributed by atoms with Crippen LogP contribution < -0.4 is 26.2 Å². The van der Waals surface area contributed by atoms with Gasteiger partial charge in [-0.15, -0.1) is 0 Å². The molecular weight excluding hydrogens is 937 g/mol. The van der Waals surface area contributed by atoms with Crippen LogP contribution in [0.1, 0.15) is 77.6 Å². The predicted octanol–water partition coefficient (Wildman–Crippen LogP) is 8.74. The average molecular weight is 988 g/mol. The molecule has 0 unspecified atom stereocenters. The quantitative estimate of drug-likeness (QED) is 0.0885. The first-order valence-electron chi connectivity index (χ1n) is 23.4. The number of nitrogens with two attached hydrogens (primary N) is 1. The number of nitrogens with one attached hydrogen (secondary N) is 2. The molecule has 2 aliphatic rings. The van der Waals surface area contributed by atoms with Gasteiger partial charge >= 0.3 is 12.4 Å². The molecule has 0 aliphatic carbocycles. The van der Waals surface area contributed by atoms with Gasteiger partial charge in [0.05, 0.1) is 34.7 Å². The highest BCUT2D eigenvalue weighted by molar-refractivity contribution is 5.86. The van der Waals surface area contributed by atoms with Crippen LogP contribution in [0.2, 0.25) is 0 Å². The fourth-order valence-corrected chi connectivity index (χ4v) is 8.45. The minimum absolute atomic E-state index is 0.0694. The molecule has 4 N–H and O–H groups in total. The lowest BCUT2D eigenvalue weighted by Crippen LogP contribution is -2.44. The molecule has 4 heterocycles. The Bertz CT molecular complexity index is 2700. The number of aromatic nitrogens is 4. The molecule has 0 saturated carbocycles. The Morgan fingerprint density at radius 2 is 0.972 bits per heavy atom. The topological polar surface area (TPSA) is 190 Å². The van der Waals surface area contributed by atoms with Crippen molar-refractivity contribution in [1.29, 1.82) is 10.5 Å². The summed E-state index contributed by atoms with van der Waals surface area (Å²) < 4.78 is 81.9. The van der Waals surface area contributed by atoms with Crippen molar-refractivity contribution < 1.29 is 35.9 Å². The average Bonchev–Trinajstić information content (AvgIpc) is 4.11. The van der Waals surface area contributed by atoms with E-state index in [1.54, 1.807) is 70.5 Å². The highest BCUT2D eigenvalue weighted by Gasteiger charge is 2.40. The highest BCUT2D eigenvalue weighted by atomic mass is 19.4. The Morgan fingerprint density at radius 3 is 1.32 bits per heavy atom. The minimum atomic E-state index is -4.74. The standard InChI is InChI=1S/C27H26F3N5O.C26H25F3N6O/c1-2-18-9-11-21(12-10-18)22-16-24(34-26(33-22)27(28,29)30)35-15-3-4-23(35)25(36)32-14-13-19-5-7-20(17-31)8-6-19;27-26(28,29)25-33-21(20-9-7-19(16-31)8-10-20)14-23(34-25)35-13-1-2-22(35)24(36)32-12-11-17-3-5-18(15-30)6-4-17/h5-12,16,23H,2-4,13-15H2,1H3,(H,32,36);3-10,14,22H,1-2,11-13,16,31H2,(H,32,36)/t23-;22-/m00/s1. The number of amides is 2. The van der Waals surface area contributed by atoms with Crippen molar-refractivity contribution in [2.24, 2.45) is 5.73 Å². The fourth-order valence-electron chi connectivity index (χ4n) is 8.45. The molecule has 8 rings (SSSR count). The van der Waals surface area contributed by atoms with Crippen LogP contribution in [-0.2, 0) is 47.7 Å². The van der Waals surface area contributed by atoms with E-state index >= 15 is 0 Å². The van der Waals surface area contributed by atoms with Gasteiger partial charge in [-0.3, -0.25) is 9.59 Å². The molecule has 4 aromatic carbocycles. The maximum atomic E-state index is 13.7. The van der Waals surface area contributed by atoms with E-state index in [0.29, 0.717) is 93.5 Å². The zero-order valence-corrected chi connectivity index (χ0v) is 39.3. The summed E-state index contributed by atoms with van der Waals surface area (Å²) in [5.74, 6) is -2.81. The number of benzene rings is 4. The van der Waals surface area contributed by atoms with E-state index < -0.39 is 36.1 Å². The number of anilines is 2. The van der Waals surface area contributed by atoms with Crippen LogP contribution >= 0.6 is 0 Å². The summed E-state index contributed by atoms with van der Waals surface area (Å²) in [5, 5.41) is 23.6. The van der Waals surface area contributed by atoms with E-state index in [2.05, 4.69) is 42.7 Å². The van der Waals surface area contributed by atoms with Crippen LogP contribution in [0.5, 0.6) is 0 Å². The van der Waals surface area contributed by atoms with E-state index in [0.717, 1.165) is 28.7 Å². The molecule has 2 saturated heterocycles. The van der Waals surface area contributed by atoms with E-state index in [4.69, 9.17) is 16.3 Å². The van der Waals surface area contributed by atoms with Gasteiger partial charge in [0.25, 0.3) is 0 Å². The largest absolute Gasteiger partial charge is 0.451 e. The Labute approximate surface area is 412 Å². The van der Waals surface area contributed by atoms with Crippen molar-refractivity contribution in [3.63, 3.8) is 0 Å². The lowest BCUT2D eigenvalue weighted by molar-refractivity contribution is -0.145. The molecule has 72 heavy (non-hydrogen) atoms. The number of hydrogen-bond acceptors (Lipinski definition) is 11. The molecule has 6 aromatic rings. The summed E-state index contributed by atoms with van der Waals surface area (Å²) in [4.78, 5) is 44.3. The van der Waals surface area contributed by atoms with E-state index in [1.807, 2.05) is 43.3 Å². The lowest BCUT2D eigenvalue weighted by atomic mass is 10.1. The van der Waals surface area contributed by atoms with Gasteiger partial charge in [0.2, 0.25) is 23.5 Å². The van der Waals surface area contributed by atoms with Gasteiger partial charge in [-0.05, 0) is 91.5 Å². The number of rotatable bonds is 14. The van der Waals surface area contributed by atoms with Crippen LogP contribution in [0.4, 0.5) is 38.0 Å². The van der Waals surface area contributed by atoms with E-state index in [-0.39, 0.29) is 34.8 Å². The molecule has 0 spiro atoms. The predicted molar refractivity (Wildman–Crippen MR) is 259 cm³/mol. The van der Waals surface area contributed by atoms with Crippen LogP contribution in [0, 0.1) is 22.7 Å². The monoisotopic (exact) mass is 987 g/mol. The van der Waals surface area contributed by atoms with Crippen molar-refractivity contribution in [3.8, 4) is 34.7 Å². The van der Waals surface area contributed by atoms with Crippen LogP contribution in [0.15, 0.2) is 109 Å². The van der Waals surface area contributed by atoms with Crippen LogP contribution in [-0.4, -0.2) is 70.0 Å². The van der Waals surface area contributed by atoms with E-state index in [9.17, 15) is 35.9 Å². The number of nitriles is 2. The number of aryl methyl sites for hydroxylation is 1. The molecular formula is C53H51F6N11O2. The van der Waals surface area contributed by atoms with Gasteiger partial charge < -0.3 is 26.2 Å². The summed E-state index contributed by atoms with van der Waals surface area (Å²) in [6.45, 7) is 3.90. The second-order valence-corrected chi connectivity index (χ2v) is 17.2. The zero-order chi connectivity index (χ0) is 51.4. The van der Waals surface area contributed by atoms with Gasteiger partial charge in [-0.1, -0.05) is 79.7 Å². The molecule has 0 bridgehead atoms. The third kappa shape index (κ3) is 13.3. The summed E-state index contributed by atoms with van der Waals surface area (Å²) in [7, 11) is 0. The van der Waals surface area contributed by atoms with Gasteiger partial charge in [-0.2, -0.15) is 36.9 Å². The third-order valence-corrected chi connectivity index (χ3v) is 12.4. The fraction of sp³-hybridized carbons (Fsp3) is 0.321. The Balaban J connectivity index is 0.000000211. The molecule has 2 atom stereocenters. The van der Waals surface area contributed by atoms with Gasteiger partial charge in [-0.25, -0.2) is 19.9 Å². The first-order chi connectivity index (χ1) is 34.6. The number of nitrogens with zero attached hydrogens (tertiary/aromatic N) is 8. The normalized spacial score (nSPS) is 15.5. The number of carbonyl (C=O) groups excluding carboxylic acids is 2. The molecule has 2 fully saturated rings. The molecule has 372 valence electrons. The highest BCUT2D eigenvalue weighted by Crippen LogP contribution is 2.35. The first-order valence-corrected chi connectivity index (χ1v) is 23.4. The Hall–Kier alpha value is -7.90. The van der Waals surface area contributed by atoms with Crippen LogP contribution in [0.25, 0.3) is 22.5 Å². The number of hydrogen-bond donors (Lipinski definition) is 3. The Kier molecular flexibility index (Phi) is 16.8. The van der Waals surface area contributed by atoms with Gasteiger partial charge in [0, 0.05) is 56.0 Å². The zero-order valence-electron chi connectivity index (χ0n) is 39.3. The maximum absolute atomic E-state index is 13.7. The summed E-state index contributed by atoms with van der Waals surface area (Å²) >= 11 is 0. The van der Waals surface area contributed by atoms with Crippen molar-refractivity contribution in [3.05, 3.63) is 154 Å². The first kappa shape index (κ1) is 51.9. The molecule has 0 radical (unpaired) electrons. The van der Waals surface area contributed by atoms with Crippen molar-refractivity contribution in [2.45, 2.75) is 82.9 Å². The Morgan fingerprint density at radius 1 is 0.597 bits per heavy atom. The second-order valence-electron chi connectivity index (χ2n) is 17.2. The van der Waals surface area contributed by atoms with Crippen molar-refractivity contribution in [2.75, 3.05) is 36.0 Å². The van der Waals surface area contributed by atoms with Crippen molar-refractivity contribution in [1.82, 2.24) is 30.6 Å². The third-order valence-electron chi connectivity index (χ3n) is 12.4. The molecule has 19 heteroatoms. The SMILES string of the molecule is CCc1ccc(-c2cc(N3CCC[C@H]3C(=O)NCCc3ccc(C#N)cc3)nc(C(F)(F)F)n2)cc1.N#Cc1ccc(CCNC(=O)[C@@H]2CCCN2c2cc(-c3ccc(CN)cc3)nc(C(F)(F)F)n2)cc1. The number of alkyl halides is 6. The van der Waals surface area contributed by atoms with Crippen molar-refractivity contribution >= 4 is 23.5 Å².